The highest BCUT2D eigenvalue weighted by Crippen LogP contribution is 2.15. The molecule has 25 heavy (non-hydrogen) atoms. The van der Waals surface area contributed by atoms with Crippen molar-refractivity contribution in [2.45, 2.75) is 45.9 Å². The highest BCUT2D eigenvalue weighted by atomic mass is 19.1. The molecule has 2 N–H and O–H groups in total. The lowest BCUT2D eigenvalue weighted by molar-refractivity contribution is 0.181. The molecule has 1 aromatic rings. The van der Waals surface area contributed by atoms with E-state index in [1.54, 1.807) is 13.2 Å². The summed E-state index contributed by atoms with van der Waals surface area (Å²) in [7, 11) is 1.57. The third kappa shape index (κ3) is 5.97. The highest BCUT2D eigenvalue weighted by molar-refractivity contribution is 5.79. The van der Waals surface area contributed by atoms with Gasteiger partial charge in [-0.2, -0.15) is 0 Å². The molecular weight excluding hydrogens is 319 g/mol. The van der Waals surface area contributed by atoms with Gasteiger partial charge in [0.05, 0.1) is 13.2 Å². The molecule has 0 amide bonds. The first-order valence-electron chi connectivity index (χ1n) is 9.20. The molecule has 1 heterocycles. The van der Waals surface area contributed by atoms with Gasteiger partial charge in [-0.3, -0.25) is 4.90 Å². The summed E-state index contributed by atoms with van der Waals surface area (Å²) in [6.45, 7) is 9.05. The number of hydrogen-bond donors (Lipinski definition) is 2. The van der Waals surface area contributed by atoms with Gasteiger partial charge in [0, 0.05) is 31.8 Å². The van der Waals surface area contributed by atoms with Crippen LogP contribution in [0, 0.1) is 5.82 Å². The maximum absolute atomic E-state index is 13.7. The summed E-state index contributed by atoms with van der Waals surface area (Å²) >= 11 is 0. The van der Waals surface area contributed by atoms with Crippen LogP contribution in [0.5, 0.6) is 0 Å². The van der Waals surface area contributed by atoms with E-state index in [-0.39, 0.29) is 12.4 Å². The zero-order valence-corrected chi connectivity index (χ0v) is 15.6. The van der Waals surface area contributed by atoms with E-state index in [0.717, 1.165) is 31.2 Å². The van der Waals surface area contributed by atoms with Crippen LogP contribution in [0.25, 0.3) is 0 Å². The quantitative estimate of drug-likeness (QED) is 0.559. The van der Waals surface area contributed by atoms with Crippen molar-refractivity contribution in [2.24, 2.45) is 4.99 Å². The molecule has 1 saturated heterocycles. The lowest BCUT2D eigenvalue weighted by Crippen LogP contribution is -2.44. The summed E-state index contributed by atoms with van der Waals surface area (Å²) in [6.07, 6.45) is 2.50. The van der Waals surface area contributed by atoms with Crippen molar-refractivity contribution in [3.8, 4) is 0 Å². The molecule has 1 aliphatic rings. The Kier molecular flexibility index (Phi) is 8.15. The minimum absolute atomic E-state index is 0.236. The van der Waals surface area contributed by atoms with Gasteiger partial charge in [-0.25, -0.2) is 9.38 Å². The summed E-state index contributed by atoms with van der Waals surface area (Å²) in [5.74, 6) is 0.573. The number of halogens is 1. The second-order valence-corrected chi connectivity index (χ2v) is 6.36. The van der Waals surface area contributed by atoms with E-state index in [4.69, 9.17) is 4.74 Å². The molecule has 6 heteroatoms. The molecule has 1 aliphatic heterocycles. The van der Waals surface area contributed by atoms with Crippen LogP contribution in [0.3, 0.4) is 0 Å². The van der Waals surface area contributed by atoms with Crippen molar-refractivity contribution in [3.63, 3.8) is 0 Å². The van der Waals surface area contributed by atoms with Gasteiger partial charge in [-0.05, 0) is 50.6 Å². The first kappa shape index (κ1) is 19.7. The highest BCUT2D eigenvalue weighted by Gasteiger charge is 2.22. The third-order valence-electron chi connectivity index (χ3n) is 4.58. The van der Waals surface area contributed by atoms with Crippen LogP contribution >= 0.6 is 0 Å². The number of ether oxygens (including phenoxy) is 1. The van der Waals surface area contributed by atoms with E-state index in [1.165, 1.54) is 25.5 Å². The zero-order valence-electron chi connectivity index (χ0n) is 15.6. The molecule has 0 aliphatic carbocycles. The summed E-state index contributed by atoms with van der Waals surface area (Å²) in [5, 5.41) is 6.73. The van der Waals surface area contributed by atoms with Crippen LogP contribution in [0.15, 0.2) is 23.2 Å². The molecular formula is C19H31FN4O. The van der Waals surface area contributed by atoms with Gasteiger partial charge < -0.3 is 15.4 Å². The van der Waals surface area contributed by atoms with E-state index in [2.05, 4.69) is 34.4 Å². The molecule has 5 nitrogen and oxygen atoms in total. The minimum Gasteiger partial charge on any atom is -0.380 e. The van der Waals surface area contributed by atoms with Crippen LogP contribution in [-0.4, -0.2) is 50.2 Å². The number of benzene rings is 1. The standard InChI is InChI=1S/C19H31FN4O/c1-4-21-19(23-13-17-7-6-10-24(17)5-2)22-12-15-8-9-18(20)16(11-15)14-25-3/h8-9,11,17H,4-7,10,12-14H2,1-3H3,(H2,21,22,23). The average Bonchev–Trinajstić information content (AvgIpc) is 3.07. The van der Waals surface area contributed by atoms with Crippen LogP contribution < -0.4 is 10.6 Å². The number of guanidine groups is 1. The van der Waals surface area contributed by atoms with E-state index in [0.29, 0.717) is 18.2 Å². The molecule has 2 rings (SSSR count). The fourth-order valence-corrected chi connectivity index (χ4v) is 3.26. The van der Waals surface area contributed by atoms with Gasteiger partial charge in [0.2, 0.25) is 0 Å². The number of nitrogens with zero attached hydrogens (tertiary/aromatic N) is 2. The topological polar surface area (TPSA) is 48.9 Å². The lowest BCUT2D eigenvalue weighted by Gasteiger charge is -2.24. The fourth-order valence-electron chi connectivity index (χ4n) is 3.26. The van der Waals surface area contributed by atoms with Crippen LogP contribution in [0.4, 0.5) is 4.39 Å². The summed E-state index contributed by atoms with van der Waals surface area (Å²) < 4.78 is 18.7. The van der Waals surface area contributed by atoms with Crippen molar-refractivity contribution < 1.29 is 9.13 Å². The molecule has 1 aromatic carbocycles. The molecule has 140 valence electrons. The monoisotopic (exact) mass is 350 g/mol. The van der Waals surface area contributed by atoms with Gasteiger partial charge in [0.25, 0.3) is 0 Å². The molecule has 1 fully saturated rings. The van der Waals surface area contributed by atoms with Crippen LogP contribution in [0.2, 0.25) is 0 Å². The van der Waals surface area contributed by atoms with Gasteiger partial charge in [0.1, 0.15) is 5.82 Å². The lowest BCUT2D eigenvalue weighted by atomic mass is 10.1. The average molecular weight is 350 g/mol. The molecule has 1 atom stereocenters. The van der Waals surface area contributed by atoms with Crippen molar-refractivity contribution in [1.29, 1.82) is 0 Å². The molecule has 0 spiro atoms. The molecule has 0 bridgehead atoms. The van der Waals surface area contributed by atoms with Crippen molar-refractivity contribution in [1.82, 2.24) is 15.5 Å². The Morgan fingerprint density at radius 1 is 1.36 bits per heavy atom. The molecule has 0 aromatic heterocycles. The number of methoxy groups -OCH3 is 1. The van der Waals surface area contributed by atoms with E-state index < -0.39 is 0 Å². The fraction of sp³-hybridized carbons (Fsp3) is 0.632. The second kappa shape index (κ2) is 10.4. The van der Waals surface area contributed by atoms with Crippen molar-refractivity contribution >= 4 is 5.96 Å². The normalized spacial score (nSPS) is 18.6. The van der Waals surface area contributed by atoms with Crippen molar-refractivity contribution in [3.05, 3.63) is 35.1 Å². The molecule has 0 radical (unpaired) electrons. The number of likely N-dealkylation sites (tertiary alicyclic amines) is 1. The smallest absolute Gasteiger partial charge is 0.191 e. The Balaban J connectivity index is 1.95. The SMILES string of the molecule is CCNC(=NCc1ccc(F)c(COC)c1)NCC1CCCN1CC. The Labute approximate surface area is 150 Å². The first-order chi connectivity index (χ1) is 12.2. The summed E-state index contributed by atoms with van der Waals surface area (Å²) in [5.41, 5.74) is 1.54. The zero-order chi connectivity index (χ0) is 18.1. The van der Waals surface area contributed by atoms with Crippen LogP contribution in [0.1, 0.15) is 37.8 Å². The Morgan fingerprint density at radius 2 is 2.20 bits per heavy atom. The Morgan fingerprint density at radius 3 is 2.92 bits per heavy atom. The maximum atomic E-state index is 13.7. The third-order valence-corrected chi connectivity index (χ3v) is 4.58. The second-order valence-electron chi connectivity index (χ2n) is 6.36. The van der Waals surface area contributed by atoms with Gasteiger partial charge in [-0.15, -0.1) is 0 Å². The number of nitrogens with one attached hydrogen (secondary N) is 2. The largest absolute Gasteiger partial charge is 0.380 e. The van der Waals surface area contributed by atoms with E-state index >= 15 is 0 Å². The number of hydrogen-bond acceptors (Lipinski definition) is 3. The van der Waals surface area contributed by atoms with Gasteiger partial charge >= 0.3 is 0 Å². The molecule has 0 saturated carbocycles. The molecule has 1 unspecified atom stereocenters. The Hall–Kier alpha value is -1.66. The summed E-state index contributed by atoms with van der Waals surface area (Å²) in [4.78, 5) is 7.15. The Bertz CT molecular complexity index is 564. The number of likely N-dealkylation sites (N-methyl/N-ethyl adjacent to an activating group) is 1. The predicted octanol–water partition coefficient (Wildman–Crippen LogP) is 2.51. The minimum atomic E-state index is -0.236. The summed E-state index contributed by atoms with van der Waals surface area (Å²) in [6, 6.07) is 5.66. The van der Waals surface area contributed by atoms with Crippen LogP contribution in [-0.2, 0) is 17.9 Å². The van der Waals surface area contributed by atoms with E-state index in [1.807, 2.05) is 6.07 Å². The maximum Gasteiger partial charge on any atom is 0.191 e. The predicted molar refractivity (Wildman–Crippen MR) is 100 cm³/mol. The van der Waals surface area contributed by atoms with Crippen molar-refractivity contribution in [2.75, 3.05) is 33.3 Å². The first-order valence-corrected chi connectivity index (χ1v) is 9.20. The van der Waals surface area contributed by atoms with E-state index in [9.17, 15) is 4.39 Å². The number of aliphatic imine (C=N–C) groups is 1. The van der Waals surface area contributed by atoms with Gasteiger partial charge in [-0.1, -0.05) is 13.0 Å². The number of rotatable bonds is 8. The van der Waals surface area contributed by atoms with Gasteiger partial charge in [0.15, 0.2) is 5.96 Å².